The Balaban J connectivity index is 2.66. The Labute approximate surface area is 57.3 Å². The minimum atomic E-state index is -1.43. The number of hydrogen-bond donors (Lipinski definition) is 3. The largest absolute Gasteiger partial charge is 0.322 e. The lowest BCUT2D eigenvalue weighted by atomic mass is 10.1. The molecule has 0 aromatic rings. The smallest absolute Gasteiger partial charge is 0.307 e. The summed E-state index contributed by atoms with van der Waals surface area (Å²) < 4.78 is 12.6. The molecule has 56 valence electrons. The zero-order valence-corrected chi connectivity index (χ0v) is 5.44. The van der Waals surface area contributed by atoms with Gasteiger partial charge in [-0.25, -0.2) is 9.18 Å². The predicted octanol–water partition coefficient (Wildman–Crippen LogP) is 0.208. The first kappa shape index (κ1) is 6.98. The fourth-order valence-corrected chi connectivity index (χ4v) is 0.669. The van der Waals surface area contributed by atoms with Gasteiger partial charge in [0.1, 0.15) is 5.84 Å². The second-order valence-corrected chi connectivity index (χ2v) is 2.20. The highest BCUT2D eigenvalue weighted by molar-refractivity contribution is 5.99. The lowest BCUT2D eigenvalue weighted by Gasteiger charge is -2.24. The van der Waals surface area contributed by atoms with Gasteiger partial charge < -0.3 is 5.32 Å². The van der Waals surface area contributed by atoms with E-state index in [4.69, 9.17) is 5.41 Å². The van der Waals surface area contributed by atoms with Crippen molar-refractivity contribution in [1.29, 1.82) is 5.41 Å². The SMILES string of the molecule is CC1C(=N)NC(=O)NC1F. The van der Waals surface area contributed by atoms with E-state index in [-0.39, 0.29) is 5.84 Å². The van der Waals surface area contributed by atoms with Gasteiger partial charge in [0.25, 0.3) is 0 Å². The van der Waals surface area contributed by atoms with Crippen LogP contribution in [0.1, 0.15) is 6.92 Å². The lowest BCUT2D eigenvalue weighted by molar-refractivity contribution is 0.195. The fourth-order valence-electron chi connectivity index (χ4n) is 0.669. The summed E-state index contributed by atoms with van der Waals surface area (Å²) in [7, 11) is 0. The van der Waals surface area contributed by atoms with Crippen LogP contribution in [0.2, 0.25) is 0 Å². The van der Waals surface area contributed by atoms with Crippen molar-refractivity contribution in [2.75, 3.05) is 0 Å². The highest BCUT2D eigenvalue weighted by atomic mass is 19.1. The molecule has 2 atom stereocenters. The normalized spacial score (nSPS) is 33.0. The molecule has 1 aliphatic heterocycles. The Morgan fingerprint density at radius 1 is 1.70 bits per heavy atom. The molecular formula is C5H8FN3O. The van der Waals surface area contributed by atoms with Crippen LogP contribution in [0.25, 0.3) is 0 Å². The average Bonchev–Trinajstić information content (AvgIpc) is 1.82. The standard InChI is InChI=1S/C5H8FN3O/c1-2-3(6)8-5(10)9-4(2)7/h2-3H,1H3,(H3,7,8,9,10). The Kier molecular flexibility index (Phi) is 1.57. The average molecular weight is 145 g/mol. The first-order valence-corrected chi connectivity index (χ1v) is 2.91. The summed E-state index contributed by atoms with van der Waals surface area (Å²) in [6.07, 6.45) is -1.43. The molecule has 1 fully saturated rings. The lowest BCUT2D eigenvalue weighted by Crippen LogP contribution is -2.55. The first-order chi connectivity index (χ1) is 4.61. The summed E-state index contributed by atoms with van der Waals surface area (Å²) in [6.45, 7) is 1.53. The minimum absolute atomic E-state index is 0.0729. The maximum atomic E-state index is 12.6. The zero-order chi connectivity index (χ0) is 7.72. The fraction of sp³-hybridized carbons (Fsp3) is 0.600. The number of carbonyl (C=O) groups excluding carboxylic acids is 1. The van der Waals surface area contributed by atoms with E-state index in [1.54, 1.807) is 0 Å². The third-order valence-corrected chi connectivity index (χ3v) is 1.41. The zero-order valence-electron chi connectivity index (χ0n) is 5.44. The molecular weight excluding hydrogens is 137 g/mol. The molecule has 1 saturated heterocycles. The molecule has 2 unspecified atom stereocenters. The van der Waals surface area contributed by atoms with E-state index in [9.17, 15) is 9.18 Å². The van der Waals surface area contributed by atoms with Crippen LogP contribution >= 0.6 is 0 Å². The van der Waals surface area contributed by atoms with Crippen LogP contribution in [-0.2, 0) is 0 Å². The van der Waals surface area contributed by atoms with Crippen molar-refractivity contribution in [1.82, 2.24) is 10.6 Å². The van der Waals surface area contributed by atoms with Gasteiger partial charge in [0.15, 0.2) is 6.30 Å². The van der Waals surface area contributed by atoms with Crippen molar-refractivity contribution in [2.24, 2.45) is 5.92 Å². The van der Waals surface area contributed by atoms with E-state index < -0.39 is 18.2 Å². The minimum Gasteiger partial charge on any atom is -0.307 e. The summed E-state index contributed by atoms with van der Waals surface area (Å²) >= 11 is 0. The molecule has 3 N–H and O–H groups in total. The van der Waals surface area contributed by atoms with Crippen LogP contribution in [0.3, 0.4) is 0 Å². The van der Waals surface area contributed by atoms with Gasteiger partial charge in [-0.1, -0.05) is 6.92 Å². The van der Waals surface area contributed by atoms with Gasteiger partial charge in [-0.15, -0.1) is 0 Å². The number of amides is 2. The Morgan fingerprint density at radius 3 is 2.80 bits per heavy atom. The molecule has 0 aliphatic carbocycles. The number of alkyl halides is 1. The highest BCUT2D eigenvalue weighted by Crippen LogP contribution is 2.07. The maximum Gasteiger partial charge on any atom is 0.322 e. The second-order valence-electron chi connectivity index (χ2n) is 2.20. The molecule has 0 saturated carbocycles. The Bertz CT molecular complexity index is 182. The van der Waals surface area contributed by atoms with E-state index in [1.807, 2.05) is 5.32 Å². The van der Waals surface area contributed by atoms with Gasteiger partial charge in [-0.3, -0.25) is 10.7 Å². The molecule has 4 nitrogen and oxygen atoms in total. The van der Waals surface area contributed by atoms with E-state index >= 15 is 0 Å². The summed E-state index contributed by atoms with van der Waals surface area (Å²) in [4.78, 5) is 10.4. The van der Waals surface area contributed by atoms with Crippen LogP contribution in [-0.4, -0.2) is 18.2 Å². The molecule has 0 radical (unpaired) electrons. The van der Waals surface area contributed by atoms with E-state index in [0.29, 0.717) is 0 Å². The van der Waals surface area contributed by atoms with Gasteiger partial charge in [-0.05, 0) is 0 Å². The third kappa shape index (κ3) is 1.07. The van der Waals surface area contributed by atoms with Crippen LogP contribution in [0, 0.1) is 11.3 Å². The Morgan fingerprint density at radius 2 is 2.30 bits per heavy atom. The molecule has 1 aliphatic rings. The predicted molar refractivity (Wildman–Crippen MR) is 33.5 cm³/mol. The molecule has 1 rings (SSSR count). The van der Waals surface area contributed by atoms with Gasteiger partial charge >= 0.3 is 6.03 Å². The summed E-state index contributed by atoms with van der Waals surface area (Å²) in [5.74, 6) is -0.644. The quantitative estimate of drug-likeness (QED) is 0.419. The van der Waals surface area contributed by atoms with E-state index in [1.165, 1.54) is 6.92 Å². The molecule has 2 amide bonds. The van der Waals surface area contributed by atoms with Gasteiger partial charge in [0.2, 0.25) is 0 Å². The van der Waals surface area contributed by atoms with Gasteiger partial charge in [0, 0.05) is 0 Å². The Hall–Kier alpha value is -1.13. The molecule has 0 aromatic heterocycles. The summed E-state index contributed by atoms with van der Waals surface area (Å²) in [5, 5.41) is 11.2. The summed E-state index contributed by atoms with van der Waals surface area (Å²) in [6, 6.07) is -0.643. The number of carbonyl (C=O) groups is 1. The van der Waals surface area contributed by atoms with Crippen molar-refractivity contribution >= 4 is 11.9 Å². The first-order valence-electron chi connectivity index (χ1n) is 2.91. The number of rotatable bonds is 0. The molecule has 1 heterocycles. The van der Waals surface area contributed by atoms with Gasteiger partial charge in [-0.2, -0.15) is 0 Å². The number of nitrogens with one attached hydrogen (secondary N) is 3. The van der Waals surface area contributed by atoms with E-state index in [2.05, 4.69) is 5.32 Å². The van der Waals surface area contributed by atoms with Crippen LogP contribution < -0.4 is 10.6 Å². The molecule has 0 bridgehead atoms. The number of amidine groups is 1. The molecule has 5 heteroatoms. The van der Waals surface area contributed by atoms with Crippen LogP contribution in [0.15, 0.2) is 0 Å². The van der Waals surface area contributed by atoms with Crippen molar-refractivity contribution in [3.05, 3.63) is 0 Å². The van der Waals surface area contributed by atoms with Crippen LogP contribution in [0.5, 0.6) is 0 Å². The van der Waals surface area contributed by atoms with Crippen LogP contribution in [0.4, 0.5) is 9.18 Å². The third-order valence-electron chi connectivity index (χ3n) is 1.41. The van der Waals surface area contributed by atoms with Crippen molar-refractivity contribution in [2.45, 2.75) is 13.2 Å². The molecule has 0 spiro atoms. The summed E-state index contributed by atoms with van der Waals surface area (Å²) in [5.41, 5.74) is 0. The topological polar surface area (TPSA) is 65.0 Å². The second kappa shape index (κ2) is 2.24. The van der Waals surface area contributed by atoms with Gasteiger partial charge in [0.05, 0.1) is 5.92 Å². The molecule has 10 heavy (non-hydrogen) atoms. The van der Waals surface area contributed by atoms with Crippen molar-refractivity contribution in [3.8, 4) is 0 Å². The number of halogens is 1. The van der Waals surface area contributed by atoms with Crippen molar-refractivity contribution < 1.29 is 9.18 Å². The van der Waals surface area contributed by atoms with E-state index in [0.717, 1.165) is 0 Å². The molecule has 0 aromatic carbocycles. The monoisotopic (exact) mass is 145 g/mol. The number of urea groups is 1. The maximum absolute atomic E-state index is 12.6. The highest BCUT2D eigenvalue weighted by Gasteiger charge is 2.28. The number of hydrogen-bond acceptors (Lipinski definition) is 2. The van der Waals surface area contributed by atoms with Crippen molar-refractivity contribution in [3.63, 3.8) is 0 Å².